The molecule has 0 aromatic carbocycles. The van der Waals surface area contributed by atoms with Crippen molar-refractivity contribution in [1.29, 1.82) is 0 Å². The molecule has 1 aliphatic rings. The summed E-state index contributed by atoms with van der Waals surface area (Å²) >= 11 is 0. The Morgan fingerprint density at radius 1 is 1.38 bits per heavy atom. The van der Waals surface area contributed by atoms with Gasteiger partial charge in [-0.2, -0.15) is 5.10 Å². The maximum absolute atomic E-state index is 12.6. The Balaban J connectivity index is 1.89. The number of rotatable bonds is 4. The third-order valence-corrected chi connectivity index (χ3v) is 6.06. The fourth-order valence-electron chi connectivity index (χ4n) is 3.02. The van der Waals surface area contributed by atoms with Gasteiger partial charge in [0, 0.05) is 19.2 Å². The first-order chi connectivity index (χ1) is 12.2. The monoisotopic (exact) mass is 380 g/mol. The van der Waals surface area contributed by atoms with Gasteiger partial charge in [-0.1, -0.05) is 0 Å². The Labute approximate surface area is 150 Å². The van der Waals surface area contributed by atoms with Crippen LogP contribution in [0.4, 0.5) is 5.82 Å². The Hall–Kier alpha value is -2.62. The molecule has 0 aliphatic carbocycles. The SMILES string of the molecule is COc1cn(C)c(C(=O)Nc2cc(C)nn2[C@H]2CCS(=O)(=O)C2)cc1=O. The predicted molar refractivity (Wildman–Crippen MR) is 95.5 cm³/mol. The minimum absolute atomic E-state index is 0.00197. The highest BCUT2D eigenvalue weighted by Gasteiger charge is 2.31. The zero-order valence-corrected chi connectivity index (χ0v) is 15.5. The molecule has 1 N–H and O–H groups in total. The number of nitrogens with one attached hydrogen (secondary N) is 1. The number of hydrogen-bond acceptors (Lipinski definition) is 6. The number of methoxy groups -OCH3 is 1. The summed E-state index contributed by atoms with van der Waals surface area (Å²) in [4.78, 5) is 24.5. The fourth-order valence-corrected chi connectivity index (χ4v) is 4.71. The van der Waals surface area contributed by atoms with Crippen LogP contribution in [0.2, 0.25) is 0 Å². The molecule has 0 saturated carbocycles. The molecule has 1 amide bonds. The van der Waals surface area contributed by atoms with E-state index in [1.165, 1.54) is 23.9 Å². The van der Waals surface area contributed by atoms with Crippen molar-refractivity contribution in [2.45, 2.75) is 19.4 Å². The molecule has 3 rings (SSSR count). The fraction of sp³-hybridized carbons (Fsp3) is 0.438. The Morgan fingerprint density at radius 3 is 2.73 bits per heavy atom. The Kier molecular flexibility index (Phi) is 4.61. The highest BCUT2D eigenvalue weighted by Crippen LogP contribution is 2.27. The topological polar surface area (TPSA) is 112 Å². The molecule has 0 bridgehead atoms. The second-order valence-electron chi connectivity index (χ2n) is 6.33. The van der Waals surface area contributed by atoms with Gasteiger partial charge in [-0.15, -0.1) is 0 Å². The summed E-state index contributed by atoms with van der Waals surface area (Å²) in [5, 5.41) is 7.04. The average Bonchev–Trinajstić information content (AvgIpc) is 3.10. The van der Waals surface area contributed by atoms with E-state index in [2.05, 4.69) is 10.4 Å². The molecule has 0 radical (unpaired) electrons. The maximum Gasteiger partial charge on any atom is 0.273 e. The summed E-state index contributed by atoms with van der Waals surface area (Å²) in [6.45, 7) is 1.76. The van der Waals surface area contributed by atoms with Gasteiger partial charge >= 0.3 is 0 Å². The predicted octanol–water partition coefficient (Wildman–Crippen LogP) is 0.511. The van der Waals surface area contributed by atoms with Gasteiger partial charge in [-0.3, -0.25) is 9.59 Å². The highest BCUT2D eigenvalue weighted by molar-refractivity contribution is 7.91. The Morgan fingerprint density at radius 2 is 2.12 bits per heavy atom. The van der Waals surface area contributed by atoms with E-state index < -0.39 is 21.2 Å². The van der Waals surface area contributed by atoms with Crippen molar-refractivity contribution < 1.29 is 17.9 Å². The van der Waals surface area contributed by atoms with Gasteiger partial charge in [0.2, 0.25) is 5.43 Å². The molecule has 1 aliphatic heterocycles. The van der Waals surface area contributed by atoms with Crippen LogP contribution in [0.5, 0.6) is 5.75 Å². The lowest BCUT2D eigenvalue weighted by atomic mass is 10.2. The van der Waals surface area contributed by atoms with E-state index in [-0.39, 0.29) is 29.0 Å². The third-order valence-electron chi connectivity index (χ3n) is 4.31. The number of carbonyl (C=O) groups is 1. The number of carbonyl (C=O) groups excluding carboxylic acids is 1. The lowest BCUT2D eigenvalue weighted by molar-refractivity contribution is 0.101. The quantitative estimate of drug-likeness (QED) is 0.827. The first kappa shape index (κ1) is 18.2. The number of hydrogen-bond donors (Lipinski definition) is 1. The van der Waals surface area contributed by atoms with Crippen LogP contribution in [0.25, 0.3) is 0 Å². The minimum atomic E-state index is -3.08. The van der Waals surface area contributed by atoms with Crippen LogP contribution in [0.15, 0.2) is 23.1 Å². The van der Waals surface area contributed by atoms with Gasteiger partial charge in [0.15, 0.2) is 15.6 Å². The molecule has 1 saturated heterocycles. The van der Waals surface area contributed by atoms with E-state index in [0.29, 0.717) is 17.9 Å². The second-order valence-corrected chi connectivity index (χ2v) is 8.56. The molecule has 9 nitrogen and oxygen atoms in total. The first-order valence-electron chi connectivity index (χ1n) is 8.03. The van der Waals surface area contributed by atoms with Gasteiger partial charge in [0.1, 0.15) is 11.5 Å². The minimum Gasteiger partial charge on any atom is -0.491 e. The standard InChI is InChI=1S/C16H20N4O5S/c1-10-6-15(20(18-10)11-4-5-26(23,24)9-11)17-16(22)12-7-13(21)14(25-3)8-19(12)2/h6-8,11H,4-5,9H2,1-3H3,(H,17,22)/t11-/m0/s1. The highest BCUT2D eigenvalue weighted by atomic mass is 32.2. The first-order valence-corrected chi connectivity index (χ1v) is 9.85. The summed E-state index contributed by atoms with van der Waals surface area (Å²) in [7, 11) is -0.0743. The van der Waals surface area contributed by atoms with Crippen molar-refractivity contribution in [2.75, 3.05) is 23.9 Å². The van der Waals surface area contributed by atoms with Gasteiger partial charge < -0.3 is 14.6 Å². The van der Waals surface area contributed by atoms with Crippen LogP contribution < -0.4 is 15.5 Å². The number of sulfone groups is 1. The van der Waals surface area contributed by atoms with E-state index in [9.17, 15) is 18.0 Å². The van der Waals surface area contributed by atoms with Crippen molar-refractivity contribution >= 4 is 21.6 Å². The third kappa shape index (κ3) is 3.50. The molecule has 26 heavy (non-hydrogen) atoms. The summed E-state index contributed by atoms with van der Waals surface area (Å²) in [5.41, 5.74) is 0.413. The van der Waals surface area contributed by atoms with Crippen LogP contribution >= 0.6 is 0 Å². The summed E-state index contributed by atoms with van der Waals surface area (Å²) < 4.78 is 31.5. The van der Waals surface area contributed by atoms with Crippen molar-refractivity contribution in [3.63, 3.8) is 0 Å². The molecule has 3 heterocycles. The summed E-state index contributed by atoms with van der Waals surface area (Å²) in [6, 6.07) is 2.55. The number of aryl methyl sites for hydroxylation is 2. The smallest absolute Gasteiger partial charge is 0.273 e. The van der Waals surface area contributed by atoms with E-state index >= 15 is 0 Å². The summed E-state index contributed by atoms with van der Waals surface area (Å²) in [6.07, 6.45) is 1.89. The van der Waals surface area contributed by atoms with Gasteiger partial charge in [0.25, 0.3) is 5.91 Å². The Bertz CT molecular complexity index is 1020. The molecule has 2 aromatic rings. The zero-order chi connectivity index (χ0) is 19.1. The number of ether oxygens (including phenoxy) is 1. The van der Waals surface area contributed by atoms with Crippen LogP contribution in [-0.2, 0) is 16.9 Å². The van der Waals surface area contributed by atoms with E-state index in [1.807, 2.05) is 0 Å². The zero-order valence-electron chi connectivity index (χ0n) is 14.7. The van der Waals surface area contributed by atoms with E-state index in [0.717, 1.165) is 0 Å². The summed E-state index contributed by atoms with van der Waals surface area (Å²) in [5.74, 6) is 0.155. The number of nitrogens with zero attached hydrogens (tertiary/aromatic N) is 3. The normalized spacial score (nSPS) is 18.7. The lowest BCUT2D eigenvalue weighted by Crippen LogP contribution is -2.24. The van der Waals surface area contributed by atoms with Crippen LogP contribution in [0.3, 0.4) is 0 Å². The number of anilines is 1. The molecule has 1 atom stereocenters. The molecular formula is C16H20N4O5S. The van der Waals surface area contributed by atoms with Crippen molar-refractivity contribution in [1.82, 2.24) is 14.3 Å². The van der Waals surface area contributed by atoms with Crippen LogP contribution in [-0.4, -0.2) is 47.3 Å². The second kappa shape index (κ2) is 6.60. The molecule has 10 heteroatoms. The molecule has 1 fully saturated rings. The molecule has 140 valence electrons. The maximum atomic E-state index is 12.6. The molecule has 2 aromatic heterocycles. The van der Waals surface area contributed by atoms with Gasteiger partial charge in [-0.25, -0.2) is 13.1 Å². The number of amides is 1. The number of pyridine rings is 1. The molecular weight excluding hydrogens is 360 g/mol. The average molecular weight is 380 g/mol. The van der Waals surface area contributed by atoms with Gasteiger partial charge in [-0.05, 0) is 13.3 Å². The van der Waals surface area contributed by atoms with E-state index in [4.69, 9.17) is 4.74 Å². The lowest BCUT2D eigenvalue weighted by Gasteiger charge is -2.15. The molecule has 0 spiro atoms. The van der Waals surface area contributed by atoms with Crippen LogP contribution in [0.1, 0.15) is 28.6 Å². The number of aromatic nitrogens is 3. The van der Waals surface area contributed by atoms with Gasteiger partial charge in [0.05, 0.1) is 36.5 Å². The van der Waals surface area contributed by atoms with Crippen molar-refractivity contribution in [2.24, 2.45) is 7.05 Å². The largest absolute Gasteiger partial charge is 0.491 e. The van der Waals surface area contributed by atoms with Crippen molar-refractivity contribution in [3.8, 4) is 5.75 Å². The molecule has 0 unspecified atom stereocenters. The van der Waals surface area contributed by atoms with Crippen LogP contribution in [0, 0.1) is 6.92 Å². The van der Waals surface area contributed by atoms with E-state index in [1.54, 1.807) is 24.7 Å². The van der Waals surface area contributed by atoms with Crippen molar-refractivity contribution in [3.05, 3.63) is 39.9 Å².